The Morgan fingerprint density at radius 2 is 1.71 bits per heavy atom. The van der Waals surface area contributed by atoms with Crippen LogP contribution < -0.4 is 0 Å². The fourth-order valence-electron chi connectivity index (χ4n) is 2.84. The van der Waals surface area contributed by atoms with Crippen LogP contribution in [0.1, 0.15) is 49.9 Å². The molecule has 0 bridgehead atoms. The molecule has 0 aliphatic heterocycles. The zero-order valence-corrected chi connectivity index (χ0v) is 19.4. The van der Waals surface area contributed by atoms with E-state index in [4.69, 9.17) is 9.47 Å². The molecule has 0 N–H and O–H groups in total. The molecular formula is C23H23NO5S2. The summed E-state index contributed by atoms with van der Waals surface area (Å²) in [5.74, 6) is -1.61. The molecule has 1 heterocycles. The predicted octanol–water partition coefficient (Wildman–Crippen LogP) is 4.85. The molecule has 0 spiro atoms. The number of esters is 2. The number of thiophene rings is 1. The Morgan fingerprint density at radius 3 is 2.26 bits per heavy atom. The van der Waals surface area contributed by atoms with Gasteiger partial charge in [-0.1, -0.05) is 12.1 Å². The van der Waals surface area contributed by atoms with Crippen LogP contribution >= 0.6 is 23.1 Å². The molecule has 0 fully saturated rings. The number of Topliss-reactive ketones (excluding diaryl/α,β-unsaturated/α-hetero) is 1. The Labute approximate surface area is 189 Å². The second kappa shape index (κ2) is 11.5. The first-order valence-corrected chi connectivity index (χ1v) is 11.7. The lowest BCUT2D eigenvalue weighted by molar-refractivity contribution is -0.114. The number of rotatable bonds is 9. The minimum absolute atomic E-state index is 0.0320. The zero-order valence-electron chi connectivity index (χ0n) is 17.8. The molecule has 2 aromatic rings. The third-order valence-corrected chi connectivity index (χ3v) is 6.34. The molecule has 0 saturated heterocycles. The highest BCUT2D eigenvalue weighted by molar-refractivity contribution is 7.98. The van der Waals surface area contributed by atoms with E-state index in [0.29, 0.717) is 10.4 Å². The van der Waals surface area contributed by atoms with Crippen molar-refractivity contribution in [3.8, 4) is 6.07 Å². The topological polar surface area (TPSA) is 93.5 Å². The summed E-state index contributed by atoms with van der Waals surface area (Å²) >= 11 is 2.62. The van der Waals surface area contributed by atoms with Crippen molar-refractivity contribution in [3.05, 3.63) is 56.3 Å². The summed E-state index contributed by atoms with van der Waals surface area (Å²) in [6.45, 7) is 5.33. The SMILES string of the molecule is CCOC(=O)c1sc(CC(=O)C(C#N)=Cc2ccc(SC)cc2)c(C(=O)OCC)c1C. The Morgan fingerprint density at radius 1 is 1.10 bits per heavy atom. The average Bonchev–Trinajstić information content (AvgIpc) is 3.08. The molecule has 31 heavy (non-hydrogen) atoms. The van der Waals surface area contributed by atoms with E-state index in [0.717, 1.165) is 21.8 Å². The Kier molecular flexibility index (Phi) is 9.03. The molecule has 2 rings (SSSR count). The first kappa shape index (κ1) is 24.4. The second-order valence-electron chi connectivity index (χ2n) is 6.34. The molecular weight excluding hydrogens is 434 g/mol. The minimum atomic E-state index is -0.607. The van der Waals surface area contributed by atoms with Crippen molar-refractivity contribution >= 4 is 46.9 Å². The smallest absolute Gasteiger partial charge is 0.348 e. The van der Waals surface area contributed by atoms with Crippen molar-refractivity contribution in [1.82, 2.24) is 0 Å². The minimum Gasteiger partial charge on any atom is -0.462 e. The molecule has 1 aromatic carbocycles. The van der Waals surface area contributed by atoms with Gasteiger partial charge in [-0.25, -0.2) is 9.59 Å². The maximum absolute atomic E-state index is 12.9. The number of nitriles is 1. The normalized spacial score (nSPS) is 11.0. The maximum Gasteiger partial charge on any atom is 0.348 e. The van der Waals surface area contributed by atoms with Crippen LogP contribution in [0.2, 0.25) is 0 Å². The van der Waals surface area contributed by atoms with Crippen LogP contribution in [-0.2, 0) is 20.7 Å². The molecule has 0 aliphatic rings. The van der Waals surface area contributed by atoms with Crippen LogP contribution in [0.3, 0.4) is 0 Å². The van der Waals surface area contributed by atoms with Gasteiger partial charge in [0.05, 0.1) is 24.4 Å². The Bertz CT molecular complexity index is 1050. The van der Waals surface area contributed by atoms with Gasteiger partial charge in [-0.05, 0) is 56.4 Å². The van der Waals surface area contributed by atoms with Crippen molar-refractivity contribution < 1.29 is 23.9 Å². The van der Waals surface area contributed by atoms with Crippen LogP contribution in [0.25, 0.3) is 6.08 Å². The fraction of sp³-hybridized carbons (Fsp3) is 0.304. The molecule has 1 aromatic heterocycles. The largest absolute Gasteiger partial charge is 0.462 e. The number of nitrogens with zero attached hydrogens (tertiary/aromatic N) is 1. The van der Waals surface area contributed by atoms with E-state index >= 15 is 0 Å². The predicted molar refractivity (Wildman–Crippen MR) is 121 cm³/mol. The van der Waals surface area contributed by atoms with Gasteiger partial charge in [-0.2, -0.15) is 5.26 Å². The summed E-state index contributed by atoms with van der Waals surface area (Å²) in [5.41, 5.74) is 1.29. The van der Waals surface area contributed by atoms with Crippen LogP contribution in [0, 0.1) is 18.3 Å². The number of thioether (sulfide) groups is 1. The summed E-state index contributed by atoms with van der Waals surface area (Å²) in [4.78, 5) is 39.3. The standard InChI is InChI=1S/C23H23NO5S2/c1-5-28-22(26)20-14(3)21(23(27)29-6-2)31-19(20)12-18(25)16(13-24)11-15-7-9-17(30-4)10-8-15/h7-11H,5-6,12H2,1-4H3. The van der Waals surface area contributed by atoms with Crippen LogP contribution in [-0.4, -0.2) is 37.2 Å². The number of hydrogen-bond acceptors (Lipinski definition) is 8. The van der Waals surface area contributed by atoms with Gasteiger partial charge in [0.2, 0.25) is 0 Å². The summed E-state index contributed by atoms with van der Waals surface area (Å²) in [7, 11) is 0. The zero-order chi connectivity index (χ0) is 23.0. The maximum atomic E-state index is 12.9. The molecule has 0 radical (unpaired) electrons. The number of allylic oxidation sites excluding steroid dienone is 1. The molecule has 0 atom stereocenters. The number of carbonyl (C=O) groups is 3. The van der Waals surface area contributed by atoms with Crippen molar-refractivity contribution in [3.63, 3.8) is 0 Å². The van der Waals surface area contributed by atoms with Gasteiger partial charge >= 0.3 is 11.9 Å². The van der Waals surface area contributed by atoms with E-state index < -0.39 is 17.7 Å². The Balaban J connectivity index is 2.39. The lowest BCUT2D eigenvalue weighted by atomic mass is 10.0. The number of benzene rings is 1. The monoisotopic (exact) mass is 457 g/mol. The molecule has 0 unspecified atom stereocenters. The van der Waals surface area contributed by atoms with E-state index in [1.807, 2.05) is 36.6 Å². The van der Waals surface area contributed by atoms with Crippen molar-refractivity contribution in [2.75, 3.05) is 19.5 Å². The average molecular weight is 458 g/mol. The number of ether oxygens (including phenoxy) is 2. The first-order chi connectivity index (χ1) is 14.9. The molecule has 8 heteroatoms. The number of carbonyl (C=O) groups excluding carboxylic acids is 3. The van der Waals surface area contributed by atoms with E-state index in [-0.39, 0.29) is 35.6 Å². The lowest BCUT2D eigenvalue weighted by Crippen LogP contribution is -2.12. The van der Waals surface area contributed by atoms with Gasteiger partial charge in [0.1, 0.15) is 10.9 Å². The summed E-state index contributed by atoms with van der Waals surface area (Å²) in [6.07, 6.45) is 3.29. The van der Waals surface area contributed by atoms with Crippen LogP contribution in [0.4, 0.5) is 0 Å². The van der Waals surface area contributed by atoms with Gasteiger partial charge in [-0.3, -0.25) is 4.79 Å². The van der Waals surface area contributed by atoms with Crippen molar-refractivity contribution in [2.24, 2.45) is 0 Å². The number of hydrogen-bond donors (Lipinski definition) is 0. The summed E-state index contributed by atoms with van der Waals surface area (Å²) in [5, 5.41) is 9.51. The number of ketones is 1. The second-order valence-corrected chi connectivity index (χ2v) is 8.32. The molecule has 0 saturated carbocycles. The third-order valence-electron chi connectivity index (χ3n) is 4.33. The summed E-state index contributed by atoms with van der Waals surface area (Å²) in [6, 6.07) is 9.41. The van der Waals surface area contributed by atoms with E-state index in [1.54, 1.807) is 32.5 Å². The molecule has 162 valence electrons. The Hall–Kier alpha value is -2.89. The summed E-state index contributed by atoms with van der Waals surface area (Å²) < 4.78 is 10.2. The molecule has 0 amide bonds. The lowest BCUT2D eigenvalue weighted by Gasteiger charge is -2.05. The first-order valence-electron chi connectivity index (χ1n) is 9.61. The van der Waals surface area contributed by atoms with Crippen molar-refractivity contribution in [1.29, 1.82) is 5.26 Å². The van der Waals surface area contributed by atoms with E-state index in [9.17, 15) is 19.6 Å². The highest BCUT2D eigenvalue weighted by atomic mass is 32.2. The van der Waals surface area contributed by atoms with Crippen LogP contribution in [0.5, 0.6) is 0 Å². The van der Waals surface area contributed by atoms with Crippen molar-refractivity contribution in [2.45, 2.75) is 32.1 Å². The molecule has 0 aliphatic carbocycles. The van der Waals surface area contributed by atoms with Gasteiger partial charge in [0.15, 0.2) is 5.78 Å². The van der Waals surface area contributed by atoms with Gasteiger partial charge in [0.25, 0.3) is 0 Å². The highest BCUT2D eigenvalue weighted by Crippen LogP contribution is 2.31. The van der Waals surface area contributed by atoms with Gasteiger partial charge in [-0.15, -0.1) is 23.1 Å². The molecule has 6 nitrogen and oxygen atoms in total. The quantitative estimate of drug-likeness (QED) is 0.230. The fourth-order valence-corrected chi connectivity index (χ4v) is 4.44. The van der Waals surface area contributed by atoms with E-state index in [2.05, 4.69) is 0 Å². The highest BCUT2D eigenvalue weighted by Gasteiger charge is 2.27. The van der Waals surface area contributed by atoms with Gasteiger partial charge in [0, 0.05) is 16.2 Å². The van der Waals surface area contributed by atoms with E-state index in [1.165, 1.54) is 6.08 Å². The third kappa shape index (κ3) is 6.06. The van der Waals surface area contributed by atoms with Crippen LogP contribution in [0.15, 0.2) is 34.7 Å². The van der Waals surface area contributed by atoms with Gasteiger partial charge < -0.3 is 9.47 Å².